The van der Waals surface area contributed by atoms with E-state index >= 15 is 0 Å². The molecule has 0 aliphatic carbocycles. The minimum Gasteiger partial charge on any atom is -0.315 e. The quantitative estimate of drug-likeness (QED) is 0.422. The zero-order valence-corrected chi connectivity index (χ0v) is 15.7. The normalized spacial score (nSPS) is 13.8. The van der Waals surface area contributed by atoms with Gasteiger partial charge < -0.3 is 4.57 Å². The molecule has 0 fully saturated rings. The predicted octanol–water partition coefficient (Wildman–Crippen LogP) is 1.63. The highest BCUT2D eigenvalue weighted by atomic mass is 32.2. The summed E-state index contributed by atoms with van der Waals surface area (Å²) in [5.41, 5.74) is -0.365. The summed E-state index contributed by atoms with van der Waals surface area (Å²) < 4.78 is 64.0. The molecule has 0 aliphatic rings. The standard InChI is InChI=1S/C17H17F3N2O5S/c1-17(16(24)21-25,28(2,26)27)6-8-22-7-5-10(9-13(22)23)14-11(18)3-4-12(19)15(14)20/h3-5,7,9,25H,6,8H2,1-2H3,(H,21,24)/t17-/m1/s1. The van der Waals surface area contributed by atoms with Crippen LogP contribution < -0.4 is 11.0 Å². The molecule has 7 nitrogen and oxygen atoms in total. The highest BCUT2D eigenvalue weighted by Gasteiger charge is 2.43. The lowest BCUT2D eigenvalue weighted by molar-refractivity contribution is -0.131. The van der Waals surface area contributed by atoms with Crippen LogP contribution in [0.15, 0.2) is 35.3 Å². The molecular weight excluding hydrogens is 401 g/mol. The maximum absolute atomic E-state index is 13.9. The van der Waals surface area contributed by atoms with E-state index in [0.29, 0.717) is 6.07 Å². The summed E-state index contributed by atoms with van der Waals surface area (Å²) in [5, 5.41) is 8.79. The molecule has 2 rings (SSSR count). The van der Waals surface area contributed by atoms with Crippen LogP contribution in [0.3, 0.4) is 0 Å². The average Bonchev–Trinajstić information content (AvgIpc) is 2.62. The van der Waals surface area contributed by atoms with Crippen LogP contribution in [0, 0.1) is 17.5 Å². The number of hydrogen-bond donors (Lipinski definition) is 2. The number of nitrogens with zero attached hydrogens (tertiary/aromatic N) is 1. The van der Waals surface area contributed by atoms with Crippen LogP contribution in [0.1, 0.15) is 13.3 Å². The van der Waals surface area contributed by atoms with Crippen molar-refractivity contribution >= 4 is 15.7 Å². The Hall–Kier alpha value is -2.66. The third-order valence-corrected chi connectivity index (χ3v) is 6.59. The van der Waals surface area contributed by atoms with Crippen molar-refractivity contribution in [2.24, 2.45) is 0 Å². The summed E-state index contributed by atoms with van der Waals surface area (Å²) in [6, 6.07) is 3.37. The van der Waals surface area contributed by atoms with Gasteiger partial charge in [0.15, 0.2) is 26.2 Å². The molecule has 2 N–H and O–H groups in total. The molecule has 1 aromatic carbocycles. The lowest BCUT2D eigenvalue weighted by Gasteiger charge is -2.25. The van der Waals surface area contributed by atoms with Gasteiger partial charge in [0.2, 0.25) is 0 Å². The second kappa shape index (κ2) is 7.76. The lowest BCUT2D eigenvalue weighted by Crippen LogP contribution is -2.49. The molecular formula is C17H17F3N2O5S. The molecule has 0 radical (unpaired) electrons. The van der Waals surface area contributed by atoms with Crippen LogP contribution in [0.4, 0.5) is 13.2 Å². The highest BCUT2D eigenvalue weighted by Crippen LogP contribution is 2.27. The Labute approximate surface area is 158 Å². The molecule has 1 amide bonds. The topological polar surface area (TPSA) is 105 Å². The third-order valence-electron chi connectivity index (χ3n) is 4.56. The van der Waals surface area contributed by atoms with Gasteiger partial charge in [-0.1, -0.05) is 0 Å². The Morgan fingerprint density at radius 2 is 1.82 bits per heavy atom. The number of nitrogens with one attached hydrogen (secondary N) is 1. The fourth-order valence-electron chi connectivity index (χ4n) is 2.56. The summed E-state index contributed by atoms with van der Waals surface area (Å²) in [6.07, 6.45) is 1.59. The van der Waals surface area contributed by atoms with E-state index < -0.39 is 49.1 Å². The second-order valence-electron chi connectivity index (χ2n) is 6.36. The predicted molar refractivity (Wildman–Crippen MR) is 93.8 cm³/mol. The van der Waals surface area contributed by atoms with Crippen molar-refractivity contribution in [3.63, 3.8) is 0 Å². The molecule has 0 unspecified atom stereocenters. The highest BCUT2D eigenvalue weighted by molar-refractivity contribution is 7.92. The van der Waals surface area contributed by atoms with Gasteiger partial charge in [0, 0.05) is 25.1 Å². The monoisotopic (exact) mass is 418 g/mol. The molecule has 0 aliphatic heterocycles. The Kier molecular flexibility index (Phi) is 6.00. The van der Waals surface area contributed by atoms with Gasteiger partial charge in [-0.15, -0.1) is 0 Å². The number of halogens is 3. The number of aromatic nitrogens is 1. The molecule has 0 spiro atoms. The number of aryl methyl sites for hydroxylation is 1. The van der Waals surface area contributed by atoms with E-state index in [1.54, 1.807) is 0 Å². The first-order chi connectivity index (χ1) is 12.9. The van der Waals surface area contributed by atoms with Gasteiger partial charge in [0.05, 0.1) is 5.56 Å². The zero-order valence-electron chi connectivity index (χ0n) is 14.9. The van der Waals surface area contributed by atoms with Gasteiger partial charge in [-0.25, -0.2) is 27.1 Å². The summed E-state index contributed by atoms with van der Waals surface area (Å²) in [5.74, 6) is -4.94. The third kappa shape index (κ3) is 3.94. The molecule has 1 heterocycles. The number of pyridine rings is 1. The maximum atomic E-state index is 13.9. The molecule has 0 saturated heterocycles. The number of carbonyl (C=O) groups excluding carboxylic acids is 1. The van der Waals surface area contributed by atoms with E-state index in [4.69, 9.17) is 5.21 Å². The van der Waals surface area contributed by atoms with Crippen molar-refractivity contribution in [3.05, 3.63) is 58.3 Å². The number of carbonyl (C=O) groups is 1. The van der Waals surface area contributed by atoms with Crippen molar-refractivity contribution < 1.29 is 31.6 Å². The lowest BCUT2D eigenvalue weighted by atomic mass is 10.0. The molecule has 1 atom stereocenters. The number of hydroxylamine groups is 1. The smallest absolute Gasteiger partial charge is 0.264 e. The van der Waals surface area contributed by atoms with Crippen molar-refractivity contribution in [1.29, 1.82) is 0 Å². The van der Waals surface area contributed by atoms with Gasteiger partial charge in [-0.3, -0.25) is 14.8 Å². The van der Waals surface area contributed by atoms with E-state index in [2.05, 4.69) is 0 Å². The van der Waals surface area contributed by atoms with Crippen molar-refractivity contribution in [2.75, 3.05) is 6.26 Å². The molecule has 28 heavy (non-hydrogen) atoms. The Morgan fingerprint density at radius 1 is 1.21 bits per heavy atom. The molecule has 0 saturated carbocycles. The summed E-state index contributed by atoms with van der Waals surface area (Å²) in [6.45, 7) is 0.842. The first kappa shape index (κ1) is 21.6. The van der Waals surface area contributed by atoms with Gasteiger partial charge >= 0.3 is 0 Å². The summed E-state index contributed by atoms with van der Waals surface area (Å²) in [4.78, 5) is 24.0. The van der Waals surface area contributed by atoms with Crippen LogP contribution in [0.25, 0.3) is 11.1 Å². The maximum Gasteiger partial charge on any atom is 0.264 e. The molecule has 152 valence electrons. The van der Waals surface area contributed by atoms with Gasteiger partial charge in [0.1, 0.15) is 5.82 Å². The molecule has 11 heteroatoms. The van der Waals surface area contributed by atoms with Gasteiger partial charge in [0.25, 0.3) is 11.5 Å². The first-order valence-electron chi connectivity index (χ1n) is 7.91. The fourth-order valence-corrected chi connectivity index (χ4v) is 3.40. The van der Waals surface area contributed by atoms with Crippen LogP contribution in [-0.4, -0.2) is 35.1 Å². The van der Waals surface area contributed by atoms with E-state index in [9.17, 15) is 31.2 Å². The summed E-state index contributed by atoms with van der Waals surface area (Å²) >= 11 is 0. The van der Waals surface area contributed by atoms with Crippen LogP contribution in [0.5, 0.6) is 0 Å². The Balaban J connectivity index is 2.38. The van der Waals surface area contributed by atoms with Crippen molar-refractivity contribution in [1.82, 2.24) is 10.0 Å². The Bertz CT molecular complexity index is 1080. The van der Waals surface area contributed by atoms with E-state index in [1.165, 1.54) is 5.48 Å². The van der Waals surface area contributed by atoms with E-state index in [0.717, 1.165) is 42.1 Å². The van der Waals surface area contributed by atoms with Gasteiger partial charge in [-0.05, 0) is 37.1 Å². The zero-order chi connectivity index (χ0) is 21.3. The molecule has 1 aromatic heterocycles. The number of sulfone groups is 1. The van der Waals surface area contributed by atoms with Crippen molar-refractivity contribution in [3.8, 4) is 11.1 Å². The summed E-state index contributed by atoms with van der Waals surface area (Å²) in [7, 11) is -3.95. The van der Waals surface area contributed by atoms with Crippen molar-refractivity contribution in [2.45, 2.75) is 24.6 Å². The van der Waals surface area contributed by atoms with Crippen LogP contribution in [0.2, 0.25) is 0 Å². The molecule has 2 aromatic rings. The number of benzene rings is 1. The van der Waals surface area contributed by atoms with E-state index in [1.807, 2.05) is 0 Å². The van der Waals surface area contributed by atoms with Crippen LogP contribution in [-0.2, 0) is 21.2 Å². The SMILES string of the molecule is C[C@@](CCn1ccc(-c2c(F)ccc(F)c2F)cc1=O)(C(=O)NO)S(C)(=O)=O. The Morgan fingerprint density at radius 3 is 2.36 bits per heavy atom. The first-order valence-corrected chi connectivity index (χ1v) is 9.80. The van der Waals surface area contributed by atoms with Crippen LogP contribution >= 0.6 is 0 Å². The minimum atomic E-state index is -3.95. The van der Waals surface area contributed by atoms with E-state index in [-0.39, 0.29) is 18.5 Å². The molecule has 0 bridgehead atoms. The average molecular weight is 418 g/mol. The number of amides is 1. The number of hydrogen-bond acceptors (Lipinski definition) is 5. The minimum absolute atomic E-state index is 0.199. The fraction of sp³-hybridized carbons (Fsp3) is 0.294. The number of rotatable bonds is 6. The largest absolute Gasteiger partial charge is 0.315 e. The van der Waals surface area contributed by atoms with Gasteiger partial charge in [-0.2, -0.15) is 0 Å². The second-order valence-corrected chi connectivity index (χ2v) is 8.80.